The fourth-order valence-electron chi connectivity index (χ4n) is 5.37. The Morgan fingerprint density at radius 1 is 0.806 bits per heavy atom. The van der Waals surface area contributed by atoms with E-state index in [2.05, 4.69) is 12.1 Å². The highest BCUT2D eigenvalue weighted by molar-refractivity contribution is 7.88. The van der Waals surface area contributed by atoms with Crippen molar-refractivity contribution < 1.29 is 13.2 Å². The summed E-state index contributed by atoms with van der Waals surface area (Å²) in [6.07, 6.45) is 4.74. The summed E-state index contributed by atoms with van der Waals surface area (Å²) in [4.78, 5) is 12.7. The maximum absolute atomic E-state index is 13.1. The molecule has 3 aliphatic rings. The van der Waals surface area contributed by atoms with E-state index in [9.17, 15) is 13.2 Å². The van der Waals surface area contributed by atoms with Gasteiger partial charge in [-0.2, -0.15) is 0 Å². The molecule has 0 saturated carbocycles. The molecule has 1 atom stereocenters. The number of rotatable bonds is 1. The second-order valence-corrected chi connectivity index (χ2v) is 10.2. The largest absolute Gasteiger partial charge is 0.289 e. The Balaban J connectivity index is 1.82. The van der Waals surface area contributed by atoms with Gasteiger partial charge in [0.05, 0.1) is 23.9 Å². The lowest BCUT2D eigenvalue weighted by atomic mass is 9.68. The fraction of sp³-hybridized carbons (Fsp3) is 0.115. The lowest BCUT2D eigenvalue weighted by Crippen LogP contribution is -2.42. The van der Waals surface area contributed by atoms with Crippen LogP contribution in [0.4, 0.5) is 0 Å². The minimum atomic E-state index is -3.58. The first-order valence-corrected chi connectivity index (χ1v) is 12.0. The molecule has 152 valence electrons. The van der Waals surface area contributed by atoms with Gasteiger partial charge in [-0.1, -0.05) is 78.9 Å². The number of nitrogens with zero attached hydrogens (tertiary/aromatic N) is 1. The van der Waals surface area contributed by atoms with Crippen molar-refractivity contribution in [1.82, 2.24) is 4.31 Å². The number of allylic oxidation sites excluding steroid dienone is 2. The molecule has 31 heavy (non-hydrogen) atoms. The van der Waals surface area contributed by atoms with E-state index in [0.717, 1.165) is 33.4 Å². The van der Waals surface area contributed by atoms with Gasteiger partial charge in [0.15, 0.2) is 5.78 Å². The van der Waals surface area contributed by atoms with Crippen molar-refractivity contribution in [2.45, 2.75) is 12.0 Å². The average Bonchev–Trinajstić information content (AvgIpc) is 3.07. The zero-order valence-corrected chi connectivity index (χ0v) is 17.7. The third-order valence-corrected chi connectivity index (χ3v) is 7.70. The van der Waals surface area contributed by atoms with E-state index in [4.69, 9.17) is 0 Å². The van der Waals surface area contributed by atoms with Crippen LogP contribution in [0.15, 0.2) is 90.6 Å². The molecule has 0 aromatic heterocycles. The molecule has 0 fully saturated rings. The van der Waals surface area contributed by atoms with E-state index in [1.165, 1.54) is 10.6 Å². The number of hydrogen-bond donors (Lipinski definition) is 0. The predicted octanol–water partition coefficient (Wildman–Crippen LogP) is 4.27. The molecule has 1 spiro atoms. The molecule has 0 bridgehead atoms. The van der Waals surface area contributed by atoms with E-state index in [-0.39, 0.29) is 12.3 Å². The lowest BCUT2D eigenvalue weighted by Gasteiger charge is -2.41. The number of hydrogen-bond acceptors (Lipinski definition) is 3. The molecular weight excluding hydrogens is 406 g/mol. The zero-order valence-electron chi connectivity index (χ0n) is 16.9. The Kier molecular flexibility index (Phi) is 3.58. The second kappa shape index (κ2) is 6.05. The van der Waals surface area contributed by atoms with Gasteiger partial charge in [0, 0.05) is 11.1 Å². The van der Waals surface area contributed by atoms with Crippen LogP contribution in [0.2, 0.25) is 0 Å². The van der Waals surface area contributed by atoms with Gasteiger partial charge in [0.1, 0.15) is 0 Å². The number of benzene rings is 3. The van der Waals surface area contributed by atoms with Gasteiger partial charge in [0.25, 0.3) is 0 Å². The molecular formula is C26H19NO3S. The van der Waals surface area contributed by atoms with Gasteiger partial charge in [-0.25, -0.2) is 8.42 Å². The van der Waals surface area contributed by atoms with Gasteiger partial charge < -0.3 is 0 Å². The van der Waals surface area contributed by atoms with Crippen LogP contribution in [-0.4, -0.2) is 24.8 Å². The van der Waals surface area contributed by atoms with Gasteiger partial charge in [-0.15, -0.1) is 0 Å². The van der Waals surface area contributed by atoms with E-state index in [0.29, 0.717) is 11.3 Å². The van der Waals surface area contributed by atoms with Crippen LogP contribution < -0.4 is 0 Å². The number of sulfonamides is 1. The first kappa shape index (κ1) is 18.3. The number of carbonyl (C=O) groups is 1. The van der Waals surface area contributed by atoms with Crippen LogP contribution >= 0.6 is 0 Å². The summed E-state index contributed by atoms with van der Waals surface area (Å²) in [5, 5.41) is 0. The summed E-state index contributed by atoms with van der Waals surface area (Å²) in [7, 11) is -3.58. The molecule has 0 amide bonds. The normalized spacial score (nSPS) is 21.1. The highest BCUT2D eigenvalue weighted by Crippen LogP contribution is 2.58. The topological polar surface area (TPSA) is 54.5 Å². The standard InChI is InChI=1S/C26H19NO3S/c1-31(29,30)27-16-17-8-2-3-9-18(17)24-20-11-5-7-13-22(20)26(25(24)27)15-14-23(28)19-10-4-6-12-21(19)26/h2-15H,16H2,1H3/t26-/m1/s1. The Hall–Kier alpha value is -3.44. The smallest absolute Gasteiger partial charge is 0.232 e. The number of carbonyl (C=O) groups excluding carboxylic acids is 1. The minimum Gasteiger partial charge on any atom is -0.289 e. The van der Waals surface area contributed by atoms with Crippen LogP contribution in [0.3, 0.4) is 0 Å². The summed E-state index contributed by atoms with van der Waals surface area (Å²) in [5.41, 5.74) is 6.27. The molecule has 0 unspecified atom stereocenters. The van der Waals surface area contributed by atoms with E-state index >= 15 is 0 Å². The molecule has 0 N–H and O–H groups in total. The molecule has 3 aromatic rings. The molecule has 5 heteroatoms. The van der Waals surface area contributed by atoms with Gasteiger partial charge >= 0.3 is 0 Å². The molecule has 6 rings (SSSR count). The molecule has 1 heterocycles. The molecule has 2 aliphatic carbocycles. The molecule has 3 aromatic carbocycles. The van der Waals surface area contributed by atoms with Crippen LogP contribution in [-0.2, 0) is 22.0 Å². The van der Waals surface area contributed by atoms with Crippen LogP contribution in [0.5, 0.6) is 0 Å². The Labute approximate surface area is 181 Å². The summed E-state index contributed by atoms with van der Waals surface area (Å²) in [6.45, 7) is 0.271. The van der Waals surface area contributed by atoms with Crippen molar-refractivity contribution in [3.63, 3.8) is 0 Å². The highest BCUT2D eigenvalue weighted by Gasteiger charge is 2.53. The first-order valence-electron chi connectivity index (χ1n) is 10.2. The van der Waals surface area contributed by atoms with Gasteiger partial charge in [-0.3, -0.25) is 9.10 Å². The molecule has 0 saturated heterocycles. The molecule has 4 nitrogen and oxygen atoms in total. The predicted molar refractivity (Wildman–Crippen MR) is 120 cm³/mol. The van der Waals surface area contributed by atoms with Crippen LogP contribution in [0.25, 0.3) is 5.57 Å². The summed E-state index contributed by atoms with van der Waals surface area (Å²) in [6, 6.07) is 23.6. The second-order valence-electron chi connectivity index (χ2n) is 8.25. The van der Waals surface area contributed by atoms with Crippen molar-refractivity contribution in [1.29, 1.82) is 0 Å². The lowest BCUT2D eigenvalue weighted by molar-refractivity contribution is 0.104. The maximum Gasteiger partial charge on any atom is 0.232 e. The zero-order chi connectivity index (χ0) is 21.4. The summed E-state index contributed by atoms with van der Waals surface area (Å²) < 4.78 is 27.7. The van der Waals surface area contributed by atoms with Crippen molar-refractivity contribution in [2.24, 2.45) is 0 Å². The third-order valence-electron chi connectivity index (χ3n) is 6.58. The summed E-state index contributed by atoms with van der Waals surface area (Å²) >= 11 is 0. The third kappa shape index (κ3) is 2.29. The monoisotopic (exact) mass is 425 g/mol. The van der Waals surface area contributed by atoms with Gasteiger partial charge in [-0.05, 0) is 33.9 Å². The Morgan fingerprint density at radius 2 is 1.39 bits per heavy atom. The van der Waals surface area contributed by atoms with Crippen molar-refractivity contribution >= 4 is 21.4 Å². The van der Waals surface area contributed by atoms with Crippen LogP contribution in [0, 0.1) is 0 Å². The van der Waals surface area contributed by atoms with E-state index in [1.807, 2.05) is 66.7 Å². The van der Waals surface area contributed by atoms with Gasteiger partial charge in [0.2, 0.25) is 10.0 Å². The van der Waals surface area contributed by atoms with Crippen molar-refractivity contribution in [2.75, 3.05) is 6.26 Å². The quantitative estimate of drug-likeness (QED) is 0.585. The average molecular weight is 426 g/mol. The summed E-state index contributed by atoms with van der Waals surface area (Å²) in [5.74, 6) is -0.0603. The SMILES string of the molecule is CS(=O)(=O)N1Cc2ccccc2C2=C1[C@@]1(C=CC(=O)c3ccccc31)c1ccccc12. The highest BCUT2D eigenvalue weighted by atomic mass is 32.2. The minimum absolute atomic E-state index is 0.0603. The molecule has 0 radical (unpaired) electrons. The maximum atomic E-state index is 13.1. The molecule has 1 aliphatic heterocycles. The van der Waals surface area contributed by atoms with Crippen LogP contribution in [0.1, 0.15) is 38.2 Å². The van der Waals surface area contributed by atoms with Crippen molar-refractivity contribution in [3.05, 3.63) is 124 Å². The fourth-order valence-corrected chi connectivity index (χ4v) is 6.31. The first-order chi connectivity index (χ1) is 14.9. The number of ketones is 1. The number of fused-ring (bicyclic) bond motifs is 8. The Bertz CT molecular complexity index is 1470. The Morgan fingerprint density at radius 3 is 2.10 bits per heavy atom. The van der Waals surface area contributed by atoms with E-state index < -0.39 is 15.4 Å². The van der Waals surface area contributed by atoms with E-state index in [1.54, 1.807) is 6.08 Å². The van der Waals surface area contributed by atoms with Crippen molar-refractivity contribution in [3.8, 4) is 0 Å².